The van der Waals surface area contributed by atoms with Crippen LogP contribution in [0.5, 0.6) is 0 Å². The highest BCUT2D eigenvalue weighted by Gasteiger charge is 2.42. The topological polar surface area (TPSA) is 54.3 Å². The van der Waals surface area contributed by atoms with Crippen LogP contribution in [0.3, 0.4) is 0 Å². The molecule has 1 aliphatic heterocycles. The summed E-state index contributed by atoms with van der Waals surface area (Å²) in [4.78, 5) is 27.8. The third kappa shape index (κ3) is 2.81. The maximum atomic E-state index is 13.3. The lowest BCUT2D eigenvalue weighted by molar-refractivity contribution is -0.139. The van der Waals surface area contributed by atoms with E-state index in [1.165, 1.54) is 4.90 Å². The maximum Gasteiger partial charge on any atom is 0.277 e. The average molecular weight is 353 g/mol. The summed E-state index contributed by atoms with van der Waals surface area (Å²) >= 11 is 0. The van der Waals surface area contributed by atoms with Gasteiger partial charge in [0.15, 0.2) is 0 Å². The number of carbonyl (C=O) groups is 2. The molecule has 1 aliphatic rings. The number of aromatic nitrogens is 1. The van der Waals surface area contributed by atoms with E-state index in [0.717, 1.165) is 35.7 Å². The SMILES string of the molecule is CCCNC1=C(c2cn(C)c3ccccc23)C(=O)N(C(CC)CC)C1=O. The fraction of sp³-hybridized carbons (Fsp3) is 0.429. The highest BCUT2D eigenvalue weighted by molar-refractivity contribution is 6.37. The van der Waals surface area contributed by atoms with Gasteiger partial charge >= 0.3 is 0 Å². The highest BCUT2D eigenvalue weighted by atomic mass is 16.2. The molecule has 0 unspecified atom stereocenters. The van der Waals surface area contributed by atoms with E-state index in [2.05, 4.69) is 5.32 Å². The van der Waals surface area contributed by atoms with E-state index < -0.39 is 0 Å². The molecule has 1 aromatic heterocycles. The molecule has 0 saturated carbocycles. The summed E-state index contributed by atoms with van der Waals surface area (Å²) in [6.45, 7) is 6.75. The Morgan fingerprint density at radius 3 is 2.38 bits per heavy atom. The van der Waals surface area contributed by atoms with Gasteiger partial charge < -0.3 is 9.88 Å². The smallest absolute Gasteiger partial charge is 0.277 e. The van der Waals surface area contributed by atoms with Crippen LogP contribution in [0.4, 0.5) is 0 Å². The Labute approximate surface area is 154 Å². The summed E-state index contributed by atoms with van der Waals surface area (Å²) in [5, 5.41) is 4.22. The zero-order chi connectivity index (χ0) is 18.8. The molecule has 0 aliphatic carbocycles. The van der Waals surface area contributed by atoms with E-state index in [-0.39, 0.29) is 17.9 Å². The first-order chi connectivity index (χ1) is 12.5. The number of fused-ring (bicyclic) bond motifs is 1. The van der Waals surface area contributed by atoms with Crippen LogP contribution in [0.25, 0.3) is 16.5 Å². The molecule has 1 N–H and O–H groups in total. The van der Waals surface area contributed by atoms with Crippen molar-refractivity contribution in [3.63, 3.8) is 0 Å². The Kier molecular flexibility index (Phi) is 5.16. The third-order valence-electron chi connectivity index (χ3n) is 5.14. The molecule has 0 fully saturated rings. The minimum atomic E-state index is -0.194. The molecule has 26 heavy (non-hydrogen) atoms. The highest BCUT2D eigenvalue weighted by Crippen LogP contribution is 2.35. The molecule has 5 heteroatoms. The molecule has 138 valence electrons. The van der Waals surface area contributed by atoms with Gasteiger partial charge in [0.2, 0.25) is 0 Å². The first kappa shape index (κ1) is 18.2. The van der Waals surface area contributed by atoms with Gasteiger partial charge in [-0.15, -0.1) is 0 Å². The molecule has 2 heterocycles. The van der Waals surface area contributed by atoms with Gasteiger partial charge in [-0.3, -0.25) is 14.5 Å². The Morgan fingerprint density at radius 2 is 1.73 bits per heavy atom. The summed E-state index contributed by atoms with van der Waals surface area (Å²) in [5.74, 6) is -0.376. The number of para-hydroxylation sites is 1. The molecule has 0 bridgehead atoms. The van der Waals surface area contributed by atoms with E-state index >= 15 is 0 Å². The van der Waals surface area contributed by atoms with Crippen molar-refractivity contribution < 1.29 is 9.59 Å². The number of aryl methyl sites for hydroxylation is 1. The maximum absolute atomic E-state index is 13.3. The van der Waals surface area contributed by atoms with Crippen LogP contribution in [-0.4, -0.2) is 33.9 Å². The van der Waals surface area contributed by atoms with Crippen molar-refractivity contribution in [3.05, 3.63) is 41.7 Å². The van der Waals surface area contributed by atoms with Crippen LogP contribution >= 0.6 is 0 Å². The summed E-state index contributed by atoms with van der Waals surface area (Å²) in [6, 6.07) is 7.91. The van der Waals surface area contributed by atoms with Crippen LogP contribution < -0.4 is 5.32 Å². The number of benzene rings is 1. The normalized spacial score (nSPS) is 15.0. The predicted octanol–water partition coefficient (Wildman–Crippen LogP) is 3.45. The van der Waals surface area contributed by atoms with Gasteiger partial charge in [-0.25, -0.2) is 0 Å². The van der Waals surface area contributed by atoms with Gasteiger partial charge in [0, 0.05) is 42.3 Å². The Balaban J connectivity index is 2.18. The number of hydrogen-bond acceptors (Lipinski definition) is 3. The lowest BCUT2D eigenvalue weighted by atomic mass is 10.0. The number of carbonyl (C=O) groups excluding carboxylic acids is 2. The van der Waals surface area contributed by atoms with E-state index in [1.807, 2.05) is 62.8 Å². The number of nitrogens with one attached hydrogen (secondary N) is 1. The van der Waals surface area contributed by atoms with E-state index in [1.54, 1.807) is 0 Å². The molecule has 0 atom stereocenters. The predicted molar refractivity (Wildman–Crippen MR) is 104 cm³/mol. The fourth-order valence-corrected chi connectivity index (χ4v) is 3.74. The van der Waals surface area contributed by atoms with Gasteiger partial charge in [-0.05, 0) is 25.3 Å². The van der Waals surface area contributed by atoms with Crippen molar-refractivity contribution in [2.24, 2.45) is 7.05 Å². The van der Waals surface area contributed by atoms with Crippen molar-refractivity contribution >= 4 is 28.3 Å². The fourth-order valence-electron chi connectivity index (χ4n) is 3.74. The van der Waals surface area contributed by atoms with Crippen LogP contribution in [0, 0.1) is 0 Å². The zero-order valence-corrected chi connectivity index (χ0v) is 16.0. The lowest BCUT2D eigenvalue weighted by Crippen LogP contribution is -2.41. The molecule has 2 amide bonds. The van der Waals surface area contributed by atoms with Gasteiger partial charge in [0.1, 0.15) is 5.70 Å². The van der Waals surface area contributed by atoms with Crippen molar-refractivity contribution in [1.29, 1.82) is 0 Å². The van der Waals surface area contributed by atoms with Crippen LogP contribution in [0.2, 0.25) is 0 Å². The van der Waals surface area contributed by atoms with Crippen molar-refractivity contribution in [3.8, 4) is 0 Å². The van der Waals surface area contributed by atoms with Crippen LogP contribution in [0.1, 0.15) is 45.6 Å². The van der Waals surface area contributed by atoms with Gasteiger partial charge in [-0.1, -0.05) is 39.0 Å². The number of imide groups is 1. The minimum absolute atomic E-state index is 0.0686. The monoisotopic (exact) mass is 353 g/mol. The zero-order valence-electron chi connectivity index (χ0n) is 16.0. The summed E-state index contributed by atoms with van der Waals surface area (Å²) in [5.41, 5.74) is 2.83. The molecule has 0 radical (unpaired) electrons. The lowest BCUT2D eigenvalue weighted by Gasteiger charge is -2.24. The van der Waals surface area contributed by atoms with Crippen molar-refractivity contribution in [2.75, 3.05) is 6.54 Å². The second kappa shape index (κ2) is 7.36. The van der Waals surface area contributed by atoms with Crippen molar-refractivity contribution in [1.82, 2.24) is 14.8 Å². The van der Waals surface area contributed by atoms with Gasteiger partial charge in [0.05, 0.1) is 5.57 Å². The van der Waals surface area contributed by atoms with Crippen molar-refractivity contribution in [2.45, 2.75) is 46.1 Å². The minimum Gasteiger partial charge on any atom is -0.380 e. The molecule has 0 spiro atoms. The van der Waals surface area contributed by atoms with Gasteiger partial charge in [0.25, 0.3) is 11.8 Å². The first-order valence-electron chi connectivity index (χ1n) is 9.45. The van der Waals surface area contributed by atoms with E-state index in [0.29, 0.717) is 17.8 Å². The summed E-state index contributed by atoms with van der Waals surface area (Å²) < 4.78 is 2.01. The molecule has 2 aromatic rings. The second-order valence-corrected chi connectivity index (χ2v) is 6.80. The Morgan fingerprint density at radius 1 is 1.04 bits per heavy atom. The van der Waals surface area contributed by atoms with E-state index in [4.69, 9.17) is 0 Å². The standard InChI is InChI=1S/C21H27N3O2/c1-5-12-22-19-18(20(25)24(21(19)26)14(6-2)7-3)16-13-23(4)17-11-9-8-10-15(16)17/h8-11,13-14,22H,5-7,12H2,1-4H3. The number of amides is 2. The Bertz CT molecular complexity index is 875. The van der Waals surface area contributed by atoms with Crippen LogP contribution in [-0.2, 0) is 16.6 Å². The largest absolute Gasteiger partial charge is 0.380 e. The summed E-state index contributed by atoms with van der Waals surface area (Å²) in [6.07, 6.45) is 4.36. The summed E-state index contributed by atoms with van der Waals surface area (Å²) in [7, 11) is 1.96. The molecular formula is C21H27N3O2. The number of rotatable bonds is 7. The van der Waals surface area contributed by atoms with Crippen LogP contribution in [0.15, 0.2) is 36.2 Å². The van der Waals surface area contributed by atoms with E-state index in [9.17, 15) is 9.59 Å². The molecule has 5 nitrogen and oxygen atoms in total. The molecule has 0 saturated heterocycles. The average Bonchev–Trinajstić information content (AvgIpc) is 3.10. The number of hydrogen-bond donors (Lipinski definition) is 1. The van der Waals surface area contributed by atoms with Gasteiger partial charge in [-0.2, -0.15) is 0 Å². The Hall–Kier alpha value is -2.56. The molecule has 1 aromatic carbocycles. The molecular weight excluding hydrogens is 326 g/mol. The second-order valence-electron chi connectivity index (χ2n) is 6.80. The quantitative estimate of drug-likeness (QED) is 0.776. The molecule has 3 rings (SSSR count). The number of nitrogens with zero attached hydrogens (tertiary/aromatic N) is 2. The first-order valence-corrected chi connectivity index (χ1v) is 9.45. The third-order valence-corrected chi connectivity index (χ3v) is 5.14.